The van der Waals surface area contributed by atoms with Gasteiger partial charge in [0.1, 0.15) is 16.4 Å². The van der Waals surface area contributed by atoms with Gasteiger partial charge in [0.05, 0.1) is 9.50 Å². The van der Waals surface area contributed by atoms with Crippen LogP contribution in [0.15, 0.2) is 39.7 Å². The van der Waals surface area contributed by atoms with Crippen LogP contribution in [-0.2, 0) is 10.0 Å². The Labute approximate surface area is 138 Å². The first-order chi connectivity index (χ1) is 9.72. The Kier molecular flexibility index (Phi) is 4.77. The van der Waals surface area contributed by atoms with Gasteiger partial charge in [0, 0.05) is 5.02 Å². The molecule has 2 aromatic carbocycles. The molecular formula is C12H6BrCl2F2NO2S. The van der Waals surface area contributed by atoms with Gasteiger partial charge in [0.25, 0.3) is 10.0 Å². The summed E-state index contributed by atoms with van der Waals surface area (Å²) < 4.78 is 53.5. The molecule has 0 fully saturated rings. The third-order valence-electron chi connectivity index (χ3n) is 2.46. The second-order valence-electron chi connectivity index (χ2n) is 3.90. The Morgan fingerprint density at radius 1 is 1.10 bits per heavy atom. The van der Waals surface area contributed by atoms with E-state index in [4.69, 9.17) is 23.2 Å². The number of hydrogen-bond acceptors (Lipinski definition) is 2. The second kappa shape index (κ2) is 6.08. The standard InChI is InChI=1S/C12H6BrCl2F2NO2S/c13-7-2-4-9(16)12(11(7)17)18-21(19,20)10-5-6(14)1-3-8(10)15/h1-5,18H. The van der Waals surface area contributed by atoms with Crippen LogP contribution >= 0.6 is 39.1 Å². The molecule has 0 amide bonds. The average molecular weight is 417 g/mol. The number of sulfonamides is 1. The van der Waals surface area contributed by atoms with Crippen molar-refractivity contribution in [2.24, 2.45) is 0 Å². The molecule has 0 aliphatic heterocycles. The van der Waals surface area contributed by atoms with Crippen molar-refractivity contribution in [3.8, 4) is 0 Å². The van der Waals surface area contributed by atoms with E-state index in [0.29, 0.717) is 0 Å². The van der Waals surface area contributed by atoms with Crippen LogP contribution in [-0.4, -0.2) is 8.42 Å². The Morgan fingerprint density at radius 3 is 2.43 bits per heavy atom. The highest BCUT2D eigenvalue weighted by Crippen LogP contribution is 2.30. The lowest BCUT2D eigenvalue weighted by atomic mass is 10.3. The number of rotatable bonds is 3. The molecule has 2 rings (SSSR count). The molecule has 0 saturated carbocycles. The first-order valence-corrected chi connectivity index (χ1v) is 8.37. The van der Waals surface area contributed by atoms with Crippen molar-refractivity contribution in [3.05, 3.63) is 56.5 Å². The van der Waals surface area contributed by atoms with Crippen molar-refractivity contribution in [2.75, 3.05) is 4.72 Å². The van der Waals surface area contributed by atoms with Gasteiger partial charge in [-0.3, -0.25) is 4.72 Å². The summed E-state index contributed by atoms with van der Waals surface area (Å²) >= 11 is 14.3. The smallest absolute Gasteiger partial charge is 0.263 e. The number of nitrogens with one attached hydrogen (secondary N) is 1. The van der Waals surface area contributed by atoms with Gasteiger partial charge in [0.15, 0.2) is 5.82 Å². The maximum atomic E-state index is 13.8. The van der Waals surface area contributed by atoms with E-state index in [1.807, 2.05) is 4.72 Å². The molecule has 0 spiro atoms. The van der Waals surface area contributed by atoms with E-state index in [1.54, 1.807) is 0 Å². The summed E-state index contributed by atoms with van der Waals surface area (Å²) in [4.78, 5) is -0.379. The zero-order valence-corrected chi connectivity index (χ0v) is 13.9. The zero-order valence-electron chi connectivity index (χ0n) is 10.0. The van der Waals surface area contributed by atoms with E-state index in [2.05, 4.69) is 15.9 Å². The predicted octanol–water partition coefficient (Wildman–Crippen LogP) is 4.83. The number of hydrogen-bond donors (Lipinski definition) is 1. The summed E-state index contributed by atoms with van der Waals surface area (Å²) in [6.45, 7) is 0. The molecule has 21 heavy (non-hydrogen) atoms. The summed E-state index contributed by atoms with van der Waals surface area (Å²) in [6, 6.07) is 5.79. The van der Waals surface area contributed by atoms with Crippen molar-refractivity contribution >= 4 is 54.8 Å². The molecule has 2 aromatic rings. The van der Waals surface area contributed by atoms with Crippen LogP contribution in [0.25, 0.3) is 0 Å². The minimum absolute atomic E-state index is 0.0845. The lowest BCUT2D eigenvalue weighted by molar-refractivity contribution is 0.580. The highest BCUT2D eigenvalue weighted by atomic mass is 79.9. The van der Waals surface area contributed by atoms with E-state index >= 15 is 0 Å². The molecule has 0 bridgehead atoms. The molecule has 0 aromatic heterocycles. The van der Waals surface area contributed by atoms with Gasteiger partial charge in [-0.15, -0.1) is 0 Å². The lowest BCUT2D eigenvalue weighted by Gasteiger charge is -2.12. The van der Waals surface area contributed by atoms with E-state index in [9.17, 15) is 17.2 Å². The largest absolute Gasteiger partial charge is 0.274 e. The fourth-order valence-corrected chi connectivity index (χ4v) is 3.66. The molecule has 9 heteroatoms. The number of benzene rings is 2. The average Bonchev–Trinajstić information content (AvgIpc) is 2.42. The monoisotopic (exact) mass is 415 g/mol. The van der Waals surface area contributed by atoms with Gasteiger partial charge in [0.2, 0.25) is 0 Å². The Bertz CT molecular complexity index is 815. The van der Waals surface area contributed by atoms with E-state index < -0.39 is 27.3 Å². The van der Waals surface area contributed by atoms with Gasteiger partial charge >= 0.3 is 0 Å². The quantitative estimate of drug-likeness (QED) is 0.728. The Hall–Kier alpha value is -0.890. The lowest BCUT2D eigenvalue weighted by Crippen LogP contribution is -2.16. The summed E-state index contributed by atoms with van der Waals surface area (Å²) in [5.74, 6) is -2.13. The molecule has 112 valence electrons. The minimum atomic E-state index is -4.30. The van der Waals surface area contributed by atoms with E-state index in [-0.39, 0.29) is 19.4 Å². The first-order valence-electron chi connectivity index (χ1n) is 5.34. The molecule has 0 heterocycles. The van der Waals surface area contributed by atoms with Gasteiger partial charge in [-0.1, -0.05) is 23.2 Å². The molecule has 3 nitrogen and oxygen atoms in total. The first kappa shape index (κ1) is 16.5. The van der Waals surface area contributed by atoms with Gasteiger partial charge < -0.3 is 0 Å². The van der Waals surface area contributed by atoms with Crippen molar-refractivity contribution in [2.45, 2.75) is 4.90 Å². The summed E-state index contributed by atoms with van der Waals surface area (Å²) in [7, 11) is -4.30. The molecule has 1 N–H and O–H groups in total. The number of halogens is 5. The Balaban J connectivity index is 2.53. The third-order valence-corrected chi connectivity index (χ3v) is 5.14. The van der Waals surface area contributed by atoms with Crippen molar-refractivity contribution in [1.29, 1.82) is 0 Å². The predicted molar refractivity (Wildman–Crippen MR) is 81.3 cm³/mol. The summed E-state index contributed by atoms with van der Waals surface area (Å²) in [5, 5.41) is -0.00215. The van der Waals surface area contributed by atoms with Crippen LogP contribution in [0.3, 0.4) is 0 Å². The molecule has 0 radical (unpaired) electrons. The second-order valence-corrected chi connectivity index (χ2v) is 7.25. The van der Waals surface area contributed by atoms with Crippen LogP contribution in [0.4, 0.5) is 14.5 Å². The van der Waals surface area contributed by atoms with E-state index in [1.165, 1.54) is 12.1 Å². The molecule has 0 saturated heterocycles. The van der Waals surface area contributed by atoms with Crippen molar-refractivity contribution in [3.63, 3.8) is 0 Å². The fraction of sp³-hybridized carbons (Fsp3) is 0. The normalized spacial score (nSPS) is 11.5. The molecule has 0 atom stereocenters. The number of anilines is 1. The SMILES string of the molecule is O=S(=O)(Nc1c(F)ccc(Br)c1F)c1cc(Cl)ccc1Cl. The van der Waals surface area contributed by atoms with Crippen LogP contribution in [0.1, 0.15) is 0 Å². The molecule has 0 aliphatic rings. The third kappa shape index (κ3) is 3.48. The summed E-state index contributed by atoms with van der Waals surface area (Å²) in [5.41, 5.74) is -0.805. The highest BCUT2D eigenvalue weighted by Gasteiger charge is 2.23. The van der Waals surface area contributed by atoms with Gasteiger partial charge in [-0.05, 0) is 46.3 Å². The maximum Gasteiger partial charge on any atom is 0.263 e. The minimum Gasteiger partial charge on any atom is -0.274 e. The van der Waals surface area contributed by atoms with Gasteiger partial charge in [-0.2, -0.15) is 0 Å². The van der Waals surface area contributed by atoms with Crippen molar-refractivity contribution < 1.29 is 17.2 Å². The van der Waals surface area contributed by atoms with Crippen LogP contribution < -0.4 is 4.72 Å². The zero-order chi connectivity index (χ0) is 15.8. The Morgan fingerprint density at radius 2 is 1.76 bits per heavy atom. The van der Waals surface area contributed by atoms with E-state index in [0.717, 1.165) is 18.2 Å². The van der Waals surface area contributed by atoms with Crippen LogP contribution in [0.2, 0.25) is 10.0 Å². The fourth-order valence-electron chi connectivity index (χ4n) is 1.49. The van der Waals surface area contributed by atoms with Gasteiger partial charge in [-0.25, -0.2) is 17.2 Å². The molecular weight excluding hydrogens is 411 g/mol. The molecule has 0 aliphatic carbocycles. The van der Waals surface area contributed by atoms with Crippen molar-refractivity contribution in [1.82, 2.24) is 0 Å². The molecule has 0 unspecified atom stereocenters. The highest BCUT2D eigenvalue weighted by molar-refractivity contribution is 9.10. The topological polar surface area (TPSA) is 46.2 Å². The van der Waals surface area contributed by atoms with Crippen LogP contribution in [0, 0.1) is 11.6 Å². The van der Waals surface area contributed by atoms with Crippen LogP contribution in [0.5, 0.6) is 0 Å². The maximum absolute atomic E-state index is 13.8. The summed E-state index contributed by atoms with van der Waals surface area (Å²) in [6.07, 6.45) is 0.